The van der Waals surface area contributed by atoms with Crippen molar-refractivity contribution in [2.45, 2.75) is 61.2 Å². The molecule has 0 radical (unpaired) electrons. The Kier molecular flexibility index (Phi) is 5.39. The van der Waals surface area contributed by atoms with Crippen LogP contribution in [0.5, 0.6) is 0 Å². The molecule has 1 amide bonds. The monoisotopic (exact) mass is 500 g/mol. The minimum absolute atomic E-state index is 0.0936. The third kappa shape index (κ3) is 3.78. The Morgan fingerprint density at radius 1 is 0.750 bits per heavy atom. The van der Waals surface area contributed by atoms with Crippen molar-refractivity contribution < 1.29 is 13.2 Å². The van der Waals surface area contributed by atoms with Crippen LogP contribution in [0.15, 0.2) is 89.8 Å². The molecule has 0 spiro atoms. The molecule has 2 N–H and O–H groups in total. The molecule has 0 aliphatic heterocycles. The number of hydrazine groups is 1. The zero-order valence-corrected chi connectivity index (χ0v) is 21.4. The minimum atomic E-state index is -3.86. The first kappa shape index (κ1) is 23.4. The molecule has 4 aliphatic carbocycles. The van der Waals surface area contributed by atoms with Gasteiger partial charge in [0.1, 0.15) is 0 Å². The average molecular weight is 501 g/mol. The number of hydrogen-bond acceptors (Lipinski definition) is 3. The van der Waals surface area contributed by atoms with E-state index in [9.17, 15) is 13.2 Å². The van der Waals surface area contributed by atoms with Gasteiger partial charge < -0.3 is 0 Å². The number of aryl methyl sites for hydroxylation is 1. The van der Waals surface area contributed by atoms with Crippen molar-refractivity contribution in [1.82, 2.24) is 10.3 Å². The minimum Gasteiger partial charge on any atom is -0.277 e. The van der Waals surface area contributed by atoms with Crippen LogP contribution in [-0.4, -0.2) is 14.3 Å². The van der Waals surface area contributed by atoms with Gasteiger partial charge in [-0.15, -0.1) is 4.83 Å². The number of amides is 1. The molecule has 2 atom stereocenters. The van der Waals surface area contributed by atoms with Crippen LogP contribution in [0.3, 0.4) is 0 Å². The Balaban J connectivity index is 1.35. The predicted molar refractivity (Wildman–Crippen MR) is 140 cm³/mol. The second kappa shape index (κ2) is 8.29. The van der Waals surface area contributed by atoms with E-state index in [1.54, 1.807) is 24.3 Å². The van der Waals surface area contributed by atoms with Crippen molar-refractivity contribution in [1.29, 1.82) is 0 Å². The highest BCUT2D eigenvalue weighted by Crippen LogP contribution is 2.70. The normalized spacial score (nSPS) is 30.8. The quantitative estimate of drug-likeness (QED) is 0.459. The van der Waals surface area contributed by atoms with Crippen molar-refractivity contribution >= 4 is 15.9 Å². The molecular formula is C30H32N2O3S. The highest BCUT2D eigenvalue weighted by Gasteiger charge is 2.66. The van der Waals surface area contributed by atoms with Crippen LogP contribution in [-0.2, 0) is 25.6 Å². The van der Waals surface area contributed by atoms with E-state index in [2.05, 4.69) is 58.8 Å². The Morgan fingerprint density at radius 3 is 1.81 bits per heavy atom. The second-order valence-corrected chi connectivity index (χ2v) is 13.1. The van der Waals surface area contributed by atoms with Crippen molar-refractivity contribution in [3.8, 4) is 0 Å². The van der Waals surface area contributed by atoms with Gasteiger partial charge in [0.2, 0.25) is 5.91 Å². The summed E-state index contributed by atoms with van der Waals surface area (Å²) in [6, 6.07) is 27.9. The van der Waals surface area contributed by atoms with Gasteiger partial charge in [-0.2, -0.15) is 0 Å². The lowest BCUT2D eigenvalue weighted by Crippen LogP contribution is -2.65. The molecule has 7 rings (SSSR count). The van der Waals surface area contributed by atoms with Crippen LogP contribution < -0.4 is 10.3 Å². The molecule has 4 saturated carbocycles. The average Bonchev–Trinajstić information content (AvgIpc) is 2.88. The van der Waals surface area contributed by atoms with Gasteiger partial charge in [-0.3, -0.25) is 10.2 Å². The molecule has 0 aromatic heterocycles. The molecule has 2 unspecified atom stereocenters. The van der Waals surface area contributed by atoms with Gasteiger partial charge in [0, 0.05) is 0 Å². The molecule has 4 aliphatic rings. The summed E-state index contributed by atoms with van der Waals surface area (Å²) in [5, 5.41) is 0. The van der Waals surface area contributed by atoms with Gasteiger partial charge in [-0.25, -0.2) is 8.42 Å². The zero-order valence-electron chi connectivity index (χ0n) is 20.5. The summed E-state index contributed by atoms with van der Waals surface area (Å²) in [5.74, 6) is 0.212. The topological polar surface area (TPSA) is 75.3 Å². The SMILES string of the molecule is Cc1ccc(S(=O)(=O)NNC(=O)C23CC4CC(c5ccccc5)(C2)CC(c2ccccc2)(C4)C3)cc1. The molecular weight excluding hydrogens is 468 g/mol. The van der Waals surface area contributed by atoms with Crippen LogP contribution in [0, 0.1) is 18.3 Å². The fourth-order valence-corrected chi connectivity index (χ4v) is 8.78. The third-order valence-corrected chi connectivity index (χ3v) is 10.2. The zero-order chi connectivity index (χ0) is 25.0. The summed E-state index contributed by atoms with van der Waals surface area (Å²) in [4.78, 5) is 16.5. The van der Waals surface area contributed by atoms with Crippen LogP contribution >= 0.6 is 0 Å². The molecule has 36 heavy (non-hydrogen) atoms. The summed E-state index contributed by atoms with van der Waals surface area (Å²) in [5.41, 5.74) is 5.41. The maximum absolute atomic E-state index is 13.9. The Hall–Kier alpha value is -2.96. The summed E-state index contributed by atoms with van der Waals surface area (Å²) in [7, 11) is -3.86. The van der Waals surface area contributed by atoms with E-state index in [4.69, 9.17) is 0 Å². The lowest BCUT2D eigenvalue weighted by Gasteiger charge is -2.66. The first-order valence-corrected chi connectivity index (χ1v) is 14.2. The molecule has 0 heterocycles. The fraction of sp³-hybridized carbons (Fsp3) is 0.367. The molecule has 3 aromatic rings. The number of benzene rings is 3. The summed E-state index contributed by atoms with van der Waals surface area (Å²) >= 11 is 0. The molecule has 3 aromatic carbocycles. The summed E-state index contributed by atoms with van der Waals surface area (Å²) in [6.45, 7) is 1.91. The lowest BCUT2D eigenvalue weighted by molar-refractivity contribution is -0.153. The standard InChI is InChI=1S/C30H32N2O3S/c1-22-12-14-26(15-13-22)36(34,35)32-31-27(33)30-18-23-16-28(20-30,24-8-4-2-5-9-24)19-29(17-23,21-30)25-10-6-3-7-11-25/h2-15,23,32H,16-21H2,1H3,(H,31,33). The predicted octanol–water partition coefficient (Wildman–Crippen LogP) is 5.16. The van der Waals surface area contributed by atoms with Crippen molar-refractivity contribution in [2.24, 2.45) is 11.3 Å². The fourth-order valence-electron chi connectivity index (χ4n) is 7.94. The van der Waals surface area contributed by atoms with E-state index in [0.717, 1.165) is 44.1 Å². The van der Waals surface area contributed by atoms with Crippen molar-refractivity contribution in [2.75, 3.05) is 0 Å². The van der Waals surface area contributed by atoms with Gasteiger partial charge in [0.25, 0.3) is 10.0 Å². The van der Waals surface area contributed by atoms with Crippen molar-refractivity contribution in [3.63, 3.8) is 0 Å². The van der Waals surface area contributed by atoms with Gasteiger partial charge in [0.15, 0.2) is 0 Å². The van der Waals surface area contributed by atoms with Crippen LogP contribution in [0.1, 0.15) is 55.2 Å². The first-order chi connectivity index (χ1) is 17.2. The van der Waals surface area contributed by atoms with Gasteiger partial charge >= 0.3 is 0 Å². The van der Waals surface area contributed by atoms with E-state index >= 15 is 0 Å². The highest BCUT2D eigenvalue weighted by atomic mass is 32.2. The number of sulfonamides is 1. The van der Waals surface area contributed by atoms with E-state index in [0.29, 0.717) is 5.92 Å². The number of hydrogen-bond donors (Lipinski definition) is 2. The molecule has 186 valence electrons. The number of carbonyl (C=O) groups is 1. The van der Waals surface area contributed by atoms with Gasteiger partial charge in [-0.1, -0.05) is 78.4 Å². The van der Waals surface area contributed by atoms with Crippen molar-refractivity contribution in [3.05, 3.63) is 102 Å². The van der Waals surface area contributed by atoms with Crippen LogP contribution in [0.4, 0.5) is 0 Å². The van der Waals surface area contributed by atoms with E-state index in [1.165, 1.54) is 11.1 Å². The van der Waals surface area contributed by atoms with Gasteiger partial charge in [0.05, 0.1) is 10.3 Å². The first-order valence-electron chi connectivity index (χ1n) is 12.7. The molecule has 4 fully saturated rings. The Morgan fingerprint density at radius 2 is 1.28 bits per heavy atom. The van der Waals surface area contributed by atoms with E-state index < -0.39 is 15.4 Å². The largest absolute Gasteiger partial charge is 0.277 e. The Bertz CT molecular complexity index is 1330. The highest BCUT2D eigenvalue weighted by molar-refractivity contribution is 7.89. The van der Waals surface area contributed by atoms with E-state index in [-0.39, 0.29) is 21.6 Å². The van der Waals surface area contributed by atoms with Crippen LogP contribution in [0.2, 0.25) is 0 Å². The smallest absolute Gasteiger partial charge is 0.257 e. The lowest BCUT2D eigenvalue weighted by atomic mass is 9.37. The third-order valence-electron chi connectivity index (χ3n) is 8.95. The molecule has 6 heteroatoms. The summed E-state index contributed by atoms with van der Waals surface area (Å²) < 4.78 is 25.8. The maximum atomic E-state index is 13.9. The Labute approximate surface area is 213 Å². The molecule has 5 nitrogen and oxygen atoms in total. The number of rotatable bonds is 6. The number of carbonyl (C=O) groups excluding carboxylic acids is 1. The maximum Gasteiger partial charge on any atom is 0.257 e. The number of nitrogens with one attached hydrogen (secondary N) is 2. The summed E-state index contributed by atoms with van der Waals surface area (Å²) in [6.07, 6.45) is 5.47. The molecule has 4 bridgehead atoms. The van der Waals surface area contributed by atoms with Gasteiger partial charge in [-0.05, 0) is 85.5 Å². The second-order valence-electron chi connectivity index (χ2n) is 11.5. The molecule has 0 saturated heterocycles. The van der Waals surface area contributed by atoms with Crippen LogP contribution in [0.25, 0.3) is 0 Å². The van der Waals surface area contributed by atoms with E-state index in [1.807, 2.05) is 19.1 Å².